The van der Waals surface area contributed by atoms with Crippen molar-refractivity contribution in [3.05, 3.63) is 69.8 Å². The number of nitro groups is 1. The number of nitrogens with zero attached hydrogens (tertiary/aromatic N) is 2. The molecular weight excluding hydrogens is 282 g/mol. The van der Waals surface area contributed by atoms with Crippen molar-refractivity contribution < 1.29 is 18.5 Å². The topological polar surface area (TPSA) is 63.5 Å². The summed E-state index contributed by atoms with van der Waals surface area (Å²) >= 11 is 0. The molecule has 0 aliphatic rings. The van der Waals surface area contributed by atoms with Crippen LogP contribution in [-0.2, 0) is 0 Å². The van der Waals surface area contributed by atoms with Gasteiger partial charge in [0.25, 0.3) is 5.91 Å². The van der Waals surface area contributed by atoms with Crippen LogP contribution in [0.15, 0.2) is 42.5 Å². The van der Waals surface area contributed by atoms with Crippen LogP contribution >= 0.6 is 0 Å². The van der Waals surface area contributed by atoms with Gasteiger partial charge in [-0.25, -0.2) is 4.39 Å². The molecule has 0 spiro atoms. The summed E-state index contributed by atoms with van der Waals surface area (Å²) in [7, 11) is 1.40. The lowest BCUT2D eigenvalue weighted by atomic mass is 10.1. The predicted octanol–water partition coefficient (Wildman–Crippen LogP) is 3.15. The molecular formula is C14H10F2N2O3. The number of nitro benzene ring substituents is 1. The normalized spacial score (nSPS) is 10.2. The summed E-state index contributed by atoms with van der Waals surface area (Å²) < 4.78 is 26.4. The van der Waals surface area contributed by atoms with Crippen LogP contribution in [0.25, 0.3) is 0 Å². The molecule has 0 aliphatic heterocycles. The standard InChI is InChI=1S/C14H10F2N2O3/c1-17(11-4-2-3-10(15)8-11)14(19)9-5-6-12(16)13(7-9)18(20)21/h2-8H,1H3. The number of amides is 1. The van der Waals surface area contributed by atoms with Gasteiger partial charge in [-0.2, -0.15) is 4.39 Å². The molecule has 2 rings (SSSR count). The minimum absolute atomic E-state index is 0.0603. The van der Waals surface area contributed by atoms with Crippen LogP contribution in [0.2, 0.25) is 0 Å². The van der Waals surface area contributed by atoms with Crippen LogP contribution in [0.4, 0.5) is 20.2 Å². The Labute approximate surface area is 118 Å². The highest BCUT2D eigenvalue weighted by Gasteiger charge is 2.20. The molecule has 0 atom stereocenters. The number of anilines is 1. The van der Waals surface area contributed by atoms with E-state index in [2.05, 4.69) is 0 Å². The number of carbonyl (C=O) groups is 1. The lowest BCUT2D eigenvalue weighted by molar-refractivity contribution is -0.387. The van der Waals surface area contributed by atoms with Crippen molar-refractivity contribution in [3.63, 3.8) is 0 Å². The summed E-state index contributed by atoms with van der Waals surface area (Å²) in [6, 6.07) is 8.17. The number of hydrogen-bond acceptors (Lipinski definition) is 3. The van der Waals surface area contributed by atoms with Gasteiger partial charge in [0.15, 0.2) is 0 Å². The van der Waals surface area contributed by atoms with Gasteiger partial charge >= 0.3 is 5.69 Å². The van der Waals surface area contributed by atoms with Crippen molar-refractivity contribution in [2.24, 2.45) is 0 Å². The summed E-state index contributed by atoms with van der Waals surface area (Å²) in [5.41, 5.74) is -0.560. The van der Waals surface area contributed by atoms with Crippen LogP contribution in [-0.4, -0.2) is 17.9 Å². The third kappa shape index (κ3) is 3.02. The maximum Gasteiger partial charge on any atom is 0.305 e. The van der Waals surface area contributed by atoms with E-state index in [1.807, 2.05) is 0 Å². The zero-order valence-corrected chi connectivity index (χ0v) is 10.9. The highest BCUT2D eigenvalue weighted by molar-refractivity contribution is 6.06. The molecule has 0 bridgehead atoms. The molecule has 0 unspecified atom stereocenters. The van der Waals surface area contributed by atoms with Gasteiger partial charge in [0.2, 0.25) is 5.82 Å². The number of hydrogen-bond donors (Lipinski definition) is 0. The van der Waals surface area contributed by atoms with E-state index >= 15 is 0 Å². The minimum Gasteiger partial charge on any atom is -0.311 e. The van der Waals surface area contributed by atoms with Gasteiger partial charge in [-0.3, -0.25) is 14.9 Å². The van der Waals surface area contributed by atoms with Crippen LogP contribution in [0.1, 0.15) is 10.4 Å². The molecule has 2 aromatic rings. The molecule has 1 amide bonds. The summed E-state index contributed by atoms with van der Waals surface area (Å²) in [6.07, 6.45) is 0. The smallest absolute Gasteiger partial charge is 0.305 e. The minimum atomic E-state index is -1.02. The van der Waals surface area contributed by atoms with Crippen LogP contribution in [0.5, 0.6) is 0 Å². The summed E-state index contributed by atoms with van der Waals surface area (Å²) in [5.74, 6) is -2.15. The first-order valence-corrected chi connectivity index (χ1v) is 5.87. The first-order valence-electron chi connectivity index (χ1n) is 5.87. The first kappa shape index (κ1) is 14.6. The zero-order chi connectivity index (χ0) is 15.6. The molecule has 0 saturated carbocycles. The van der Waals surface area contributed by atoms with E-state index in [1.165, 1.54) is 25.2 Å². The Hall–Kier alpha value is -2.83. The van der Waals surface area contributed by atoms with Gasteiger partial charge in [0, 0.05) is 24.4 Å². The van der Waals surface area contributed by atoms with Crippen molar-refractivity contribution in [1.82, 2.24) is 0 Å². The molecule has 7 heteroatoms. The molecule has 108 valence electrons. The highest BCUT2D eigenvalue weighted by atomic mass is 19.1. The first-order chi connectivity index (χ1) is 9.90. The van der Waals surface area contributed by atoms with Gasteiger partial charge in [0.05, 0.1) is 4.92 Å². The summed E-state index contributed by atoms with van der Waals surface area (Å²) in [4.78, 5) is 23.1. The van der Waals surface area contributed by atoms with E-state index in [0.717, 1.165) is 29.2 Å². The van der Waals surface area contributed by atoms with Gasteiger partial charge in [-0.1, -0.05) is 6.07 Å². The van der Waals surface area contributed by atoms with E-state index in [1.54, 1.807) is 0 Å². The van der Waals surface area contributed by atoms with E-state index in [9.17, 15) is 23.7 Å². The Morgan fingerprint density at radius 1 is 1.19 bits per heavy atom. The Morgan fingerprint density at radius 2 is 1.90 bits per heavy atom. The zero-order valence-electron chi connectivity index (χ0n) is 10.9. The van der Waals surface area contributed by atoms with Gasteiger partial charge < -0.3 is 4.90 Å². The van der Waals surface area contributed by atoms with Crippen molar-refractivity contribution in [3.8, 4) is 0 Å². The van der Waals surface area contributed by atoms with Crippen molar-refractivity contribution in [2.75, 3.05) is 11.9 Å². The SMILES string of the molecule is CN(C(=O)c1ccc(F)c([N+](=O)[O-])c1)c1cccc(F)c1. The second-order valence-electron chi connectivity index (χ2n) is 4.27. The van der Waals surface area contributed by atoms with E-state index in [4.69, 9.17) is 0 Å². The van der Waals surface area contributed by atoms with Crippen molar-refractivity contribution in [1.29, 1.82) is 0 Å². The van der Waals surface area contributed by atoms with E-state index in [-0.39, 0.29) is 11.3 Å². The van der Waals surface area contributed by atoms with Crippen molar-refractivity contribution >= 4 is 17.3 Å². The lowest BCUT2D eigenvalue weighted by Gasteiger charge is -2.17. The Morgan fingerprint density at radius 3 is 2.52 bits per heavy atom. The lowest BCUT2D eigenvalue weighted by Crippen LogP contribution is -2.26. The molecule has 0 aliphatic carbocycles. The second kappa shape index (κ2) is 5.66. The average Bonchev–Trinajstić information content (AvgIpc) is 2.46. The number of benzene rings is 2. The fraction of sp³-hybridized carbons (Fsp3) is 0.0714. The third-order valence-electron chi connectivity index (χ3n) is 2.89. The van der Waals surface area contributed by atoms with Crippen molar-refractivity contribution in [2.45, 2.75) is 0 Å². The Bertz CT molecular complexity index is 719. The number of halogens is 2. The van der Waals surface area contributed by atoms with Gasteiger partial charge in [-0.05, 0) is 30.3 Å². The fourth-order valence-corrected chi connectivity index (χ4v) is 1.78. The molecule has 0 saturated heterocycles. The van der Waals surface area contributed by atoms with Crippen LogP contribution < -0.4 is 4.90 Å². The van der Waals surface area contributed by atoms with Crippen LogP contribution in [0, 0.1) is 21.7 Å². The molecule has 5 nitrogen and oxygen atoms in total. The molecule has 0 radical (unpaired) electrons. The second-order valence-corrected chi connectivity index (χ2v) is 4.27. The Balaban J connectivity index is 2.36. The van der Waals surface area contributed by atoms with Crippen LogP contribution in [0.3, 0.4) is 0 Å². The predicted molar refractivity (Wildman–Crippen MR) is 72.2 cm³/mol. The largest absolute Gasteiger partial charge is 0.311 e. The monoisotopic (exact) mass is 292 g/mol. The average molecular weight is 292 g/mol. The highest BCUT2D eigenvalue weighted by Crippen LogP contribution is 2.21. The maximum absolute atomic E-state index is 13.2. The van der Waals surface area contributed by atoms with Gasteiger partial charge in [0.1, 0.15) is 5.82 Å². The molecule has 0 fully saturated rings. The Kier molecular flexibility index (Phi) is 3.93. The fourth-order valence-electron chi connectivity index (χ4n) is 1.78. The van der Waals surface area contributed by atoms with E-state index in [0.29, 0.717) is 0 Å². The molecule has 0 N–H and O–H groups in total. The molecule has 0 aromatic heterocycles. The third-order valence-corrected chi connectivity index (χ3v) is 2.89. The van der Waals surface area contributed by atoms with E-state index < -0.39 is 28.2 Å². The number of carbonyl (C=O) groups excluding carboxylic acids is 1. The maximum atomic E-state index is 13.2. The number of rotatable bonds is 3. The molecule has 0 heterocycles. The summed E-state index contributed by atoms with van der Waals surface area (Å²) in [5, 5.41) is 10.7. The molecule has 2 aromatic carbocycles. The quantitative estimate of drug-likeness (QED) is 0.645. The summed E-state index contributed by atoms with van der Waals surface area (Å²) in [6.45, 7) is 0. The molecule has 21 heavy (non-hydrogen) atoms. The van der Waals surface area contributed by atoms with Gasteiger partial charge in [-0.15, -0.1) is 0 Å².